The molecule has 0 aromatic carbocycles. The molecule has 0 saturated heterocycles. The van der Waals surface area contributed by atoms with Gasteiger partial charge in [-0.3, -0.25) is 9.59 Å². The molecule has 0 heterocycles. The number of carbonyl (C=O) groups excluding carboxylic acids is 2. The van der Waals surface area contributed by atoms with Crippen LogP contribution in [0.2, 0.25) is 0 Å². The van der Waals surface area contributed by atoms with Crippen molar-refractivity contribution in [3.05, 3.63) is 10.6 Å². The Morgan fingerprint density at radius 1 is 1.46 bits per heavy atom. The number of ketones is 2. The maximum Gasteiger partial charge on any atom is 0.307 e. The van der Waals surface area contributed by atoms with Gasteiger partial charge in [0.05, 0.1) is 5.57 Å². The van der Waals surface area contributed by atoms with Crippen LogP contribution >= 0.6 is 11.6 Å². The molecule has 0 aromatic heterocycles. The summed E-state index contributed by atoms with van der Waals surface area (Å²) in [5.41, 5.74) is -0.519. The zero-order valence-electron chi connectivity index (χ0n) is 6.86. The van der Waals surface area contributed by atoms with E-state index in [1.54, 1.807) is 0 Å². The number of alkyl halides is 2. The van der Waals surface area contributed by atoms with Crippen molar-refractivity contribution in [2.45, 2.75) is 25.7 Å². The molecule has 0 atom stereocenters. The van der Waals surface area contributed by atoms with Gasteiger partial charge in [0.25, 0.3) is 0 Å². The summed E-state index contributed by atoms with van der Waals surface area (Å²) < 4.78 is 25.0. The van der Waals surface area contributed by atoms with Gasteiger partial charge in [0, 0.05) is 18.4 Å². The van der Waals surface area contributed by atoms with Crippen molar-refractivity contribution in [1.82, 2.24) is 0 Å². The highest BCUT2D eigenvalue weighted by atomic mass is 35.5. The standard InChI is InChI=1S/C8H7ClF2O2/c1-8(10,11)7(13)6-4(9)2-3-5(6)12/h2-3H2,1H3. The van der Waals surface area contributed by atoms with Crippen LogP contribution in [-0.4, -0.2) is 17.5 Å². The summed E-state index contributed by atoms with van der Waals surface area (Å²) in [5, 5.41) is -0.0449. The molecule has 13 heavy (non-hydrogen) atoms. The van der Waals surface area contributed by atoms with Crippen molar-refractivity contribution < 1.29 is 18.4 Å². The number of Topliss-reactive ketones (excluding diaryl/α,β-unsaturated/α-hetero) is 2. The Labute approximate surface area is 78.6 Å². The second-order valence-electron chi connectivity index (χ2n) is 2.92. The second kappa shape index (κ2) is 3.18. The third-order valence-electron chi connectivity index (χ3n) is 1.75. The van der Waals surface area contributed by atoms with Crippen molar-refractivity contribution in [3.8, 4) is 0 Å². The number of allylic oxidation sites excluding steroid dienone is 2. The van der Waals surface area contributed by atoms with Crippen molar-refractivity contribution >= 4 is 23.2 Å². The van der Waals surface area contributed by atoms with Crippen LogP contribution in [0.5, 0.6) is 0 Å². The van der Waals surface area contributed by atoms with E-state index in [-0.39, 0.29) is 17.9 Å². The second-order valence-corrected chi connectivity index (χ2v) is 3.38. The van der Waals surface area contributed by atoms with Crippen LogP contribution in [0, 0.1) is 0 Å². The van der Waals surface area contributed by atoms with Crippen LogP contribution in [-0.2, 0) is 9.59 Å². The van der Waals surface area contributed by atoms with Gasteiger partial charge in [0.2, 0.25) is 5.78 Å². The van der Waals surface area contributed by atoms with Crippen molar-refractivity contribution in [3.63, 3.8) is 0 Å². The first-order valence-electron chi connectivity index (χ1n) is 3.68. The Balaban J connectivity index is 3.02. The Bertz CT molecular complexity index is 302. The van der Waals surface area contributed by atoms with Crippen molar-refractivity contribution in [1.29, 1.82) is 0 Å². The minimum Gasteiger partial charge on any atom is -0.294 e. The fourth-order valence-corrected chi connectivity index (χ4v) is 1.38. The molecule has 0 amide bonds. The molecule has 72 valence electrons. The summed E-state index contributed by atoms with van der Waals surface area (Å²) in [6, 6.07) is 0. The highest BCUT2D eigenvalue weighted by Gasteiger charge is 2.40. The highest BCUT2D eigenvalue weighted by molar-refractivity contribution is 6.39. The first-order chi connectivity index (χ1) is 5.84. The number of rotatable bonds is 2. The van der Waals surface area contributed by atoms with Crippen LogP contribution in [0.4, 0.5) is 8.78 Å². The predicted octanol–water partition coefficient (Wildman–Crippen LogP) is 2.07. The van der Waals surface area contributed by atoms with Gasteiger partial charge in [-0.25, -0.2) is 0 Å². The summed E-state index contributed by atoms with van der Waals surface area (Å²) in [5.74, 6) is -5.58. The largest absolute Gasteiger partial charge is 0.307 e. The fraction of sp³-hybridized carbons (Fsp3) is 0.500. The zero-order valence-corrected chi connectivity index (χ0v) is 7.62. The SMILES string of the molecule is CC(F)(F)C(=O)C1=C(Cl)CCC1=O. The first-order valence-corrected chi connectivity index (χ1v) is 4.06. The van der Waals surface area contributed by atoms with E-state index in [4.69, 9.17) is 11.6 Å². The van der Waals surface area contributed by atoms with E-state index in [1.165, 1.54) is 0 Å². The molecule has 1 aliphatic rings. The fourth-order valence-electron chi connectivity index (χ4n) is 1.09. The third-order valence-corrected chi connectivity index (χ3v) is 2.13. The minimum atomic E-state index is -3.52. The van der Waals surface area contributed by atoms with E-state index in [0.29, 0.717) is 6.92 Å². The molecule has 0 unspecified atom stereocenters. The third kappa shape index (κ3) is 1.94. The van der Waals surface area contributed by atoms with Crippen molar-refractivity contribution in [2.75, 3.05) is 0 Å². The van der Waals surface area contributed by atoms with Crippen LogP contribution < -0.4 is 0 Å². The summed E-state index contributed by atoms with van der Waals surface area (Å²) in [6.45, 7) is 0.456. The molecule has 0 saturated carbocycles. The number of hydrogen-bond donors (Lipinski definition) is 0. The van der Waals surface area contributed by atoms with Crippen LogP contribution in [0.15, 0.2) is 10.6 Å². The zero-order chi connectivity index (χ0) is 10.2. The topological polar surface area (TPSA) is 34.1 Å². The summed E-state index contributed by atoms with van der Waals surface area (Å²) >= 11 is 5.48. The van der Waals surface area contributed by atoms with Crippen LogP contribution in [0.25, 0.3) is 0 Å². The molecule has 0 bridgehead atoms. The van der Waals surface area contributed by atoms with Crippen LogP contribution in [0.3, 0.4) is 0 Å². The normalized spacial score (nSPS) is 18.3. The molecule has 0 spiro atoms. The molecule has 0 fully saturated rings. The summed E-state index contributed by atoms with van der Waals surface area (Å²) in [4.78, 5) is 22.0. The summed E-state index contributed by atoms with van der Waals surface area (Å²) in [7, 11) is 0. The summed E-state index contributed by atoms with van der Waals surface area (Å²) in [6.07, 6.45) is 0.244. The molecular weight excluding hydrogens is 202 g/mol. The predicted molar refractivity (Wildman–Crippen MR) is 42.7 cm³/mol. The van der Waals surface area contributed by atoms with E-state index in [0.717, 1.165) is 0 Å². The lowest BCUT2D eigenvalue weighted by molar-refractivity contribution is -0.137. The molecule has 0 aromatic rings. The Morgan fingerprint density at radius 2 is 2.00 bits per heavy atom. The smallest absolute Gasteiger partial charge is 0.294 e. The van der Waals surface area contributed by atoms with Gasteiger partial charge in [-0.1, -0.05) is 11.6 Å². The van der Waals surface area contributed by atoms with Gasteiger partial charge < -0.3 is 0 Å². The Hall–Kier alpha value is -0.770. The van der Waals surface area contributed by atoms with Gasteiger partial charge in [0.1, 0.15) is 0 Å². The average molecular weight is 209 g/mol. The number of carbonyl (C=O) groups is 2. The van der Waals surface area contributed by atoms with Gasteiger partial charge in [0.15, 0.2) is 5.78 Å². The molecule has 5 heteroatoms. The van der Waals surface area contributed by atoms with Gasteiger partial charge in [-0.15, -0.1) is 0 Å². The van der Waals surface area contributed by atoms with Crippen molar-refractivity contribution in [2.24, 2.45) is 0 Å². The highest BCUT2D eigenvalue weighted by Crippen LogP contribution is 2.31. The minimum absolute atomic E-state index is 0.0449. The van der Waals surface area contributed by atoms with Crippen LogP contribution in [0.1, 0.15) is 19.8 Å². The molecule has 1 rings (SSSR count). The Morgan fingerprint density at radius 3 is 2.31 bits per heavy atom. The molecule has 0 N–H and O–H groups in total. The maximum atomic E-state index is 12.5. The van der Waals surface area contributed by atoms with Gasteiger partial charge >= 0.3 is 5.92 Å². The molecule has 1 aliphatic carbocycles. The quantitative estimate of drug-likeness (QED) is 0.651. The Kier molecular flexibility index (Phi) is 2.52. The van der Waals surface area contributed by atoms with Gasteiger partial charge in [-0.2, -0.15) is 8.78 Å². The maximum absolute atomic E-state index is 12.5. The van der Waals surface area contributed by atoms with E-state index in [9.17, 15) is 18.4 Å². The molecule has 0 aliphatic heterocycles. The molecule has 0 radical (unpaired) electrons. The van der Waals surface area contributed by atoms with E-state index < -0.39 is 23.1 Å². The van der Waals surface area contributed by atoms with E-state index in [1.807, 2.05) is 0 Å². The monoisotopic (exact) mass is 208 g/mol. The average Bonchev–Trinajstić information content (AvgIpc) is 2.28. The van der Waals surface area contributed by atoms with E-state index in [2.05, 4.69) is 0 Å². The lowest BCUT2D eigenvalue weighted by Crippen LogP contribution is -2.28. The first kappa shape index (κ1) is 10.3. The molecule has 2 nitrogen and oxygen atoms in total. The lowest BCUT2D eigenvalue weighted by Gasteiger charge is -2.08. The number of halogens is 3. The number of hydrogen-bond acceptors (Lipinski definition) is 2. The van der Waals surface area contributed by atoms with Gasteiger partial charge in [-0.05, 0) is 6.42 Å². The van der Waals surface area contributed by atoms with E-state index >= 15 is 0 Å². The lowest BCUT2D eigenvalue weighted by atomic mass is 10.1. The molecular formula is C8H7ClF2O2.